The number of aromatic nitrogens is 2. The normalized spacial score (nSPS) is 10.4. The van der Waals surface area contributed by atoms with E-state index in [0.29, 0.717) is 21.3 Å². The first-order chi connectivity index (χ1) is 8.95. The fourth-order valence-corrected chi connectivity index (χ4v) is 2.71. The van der Waals surface area contributed by atoms with Crippen LogP contribution < -0.4 is 11.5 Å². The van der Waals surface area contributed by atoms with Crippen LogP contribution in [0.25, 0.3) is 0 Å². The van der Waals surface area contributed by atoms with Crippen LogP contribution in [0.4, 0.5) is 5.69 Å². The Labute approximate surface area is 115 Å². The summed E-state index contributed by atoms with van der Waals surface area (Å²) in [6, 6.07) is 6.85. The monoisotopic (exact) mass is 274 g/mol. The highest BCUT2D eigenvalue weighted by molar-refractivity contribution is 7.99. The zero-order valence-corrected chi connectivity index (χ0v) is 11.5. The molecular weight excluding hydrogens is 260 g/mol. The first kappa shape index (κ1) is 13.4. The average molecular weight is 274 g/mol. The summed E-state index contributed by atoms with van der Waals surface area (Å²) in [6.07, 6.45) is 0. The Hall–Kier alpha value is -2.08. The SMILES string of the molecule is Cc1cc(C)nc(Sc2cc(N)ccc2C(N)=O)n1. The van der Waals surface area contributed by atoms with Crippen molar-refractivity contribution in [2.75, 3.05) is 5.73 Å². The molecule has 1 aromatic heterocycles. The van der Waals surface area contributed by atoms with E-state index in [9.17, 15) is 4.79 Å². The van der Waals surface area contributed by atoms with Gasteiger partial charge < -0.3 is 11.5 Å². The van der Waals surface area contributed by atoms with E-state index in [0.717, 1.165) is 11.4 Å². The molecule has 0 unspecified atom stereocenters. The van der Waals surface area contributed by atoms with Crippen LogP contribution in [0.15, 0.2) is 34.3 Å². The summed E-state index contributed by atoms with van der Waals surface area (Å²) in [5, 5.41) is 0.575. The molecule has 0 bridgehead atoms. The molecule has 0 radical (unpaired) electrons. The maximum Gasteiger partial charge on any atom is 0.249 e. The number of benzene rings is 1. The van der Waals surface area contributed by atoms with Crippen LogP contribution >= 0.6 is 11.8 Å². The number of amides is 1. The second-order valence-corrected chi connectivity index (χ2v) is 5.16. The molecule has 1 aromatic carbocycles. The number of hydrogen-bond acceptors (Lipinski definition) is 5. The van der Waals surface area contributed by atoms with E-state index in [4.69, 9.17) is 11.5 Å². The minimum Gasteiger partial charge on any atom is -0.399 e. The number of carbonyl (C=O) groups is 1. The lowest BCUT2D eigenvalue weighted by Gasteiger charge is -2.07. The molecule has 1 heterocycles. The summed E-state index contributed by atoms with van der Waals surface area (Å²) in [5.74, 6) is -0.494. The molecule has 0 fully saturated rings. The third-order valence-corrected chi connectivity index (χ3v) is 3.36. The zero-order chi connectivity index (χ0) is 14.0. The first-order valence-corrected chi connectivity index (χ1v) is 6.47. The molecule has 1 amide bonds. The molecular formula is C13H14N4OS. The van der Waals surface area contributed by atoms with Crippen molar-refractivity contribution in [2.24, 2.45) is 5.73 Å². The number of primary amides is 1. The molecule has 2 aromatic rings. The Bertz CT molecular complexity index is 622. The second-order valence-electron chi connectivity index (χ2n) is 4.16. The molecule has 5 nitrogen and oxygen atoms in total. The Kier molecular flexibility index (Phi) is 3.71. The van der Waals surface area contributed by atoms with Gasteiger partial charge in [0, 0.05) is 22.0 Å². The number of carbonyl (C=O) groups excluding carboxylic acids is 1. The van der Waals surface area contributed by atoms with Crippen molar-refractivity contribution in [3.05, 3.63) is 41.2 Å². The van der Waals surface area contributed by atoms with Crippen molar-refractivity contribution in [3.8, 4) is 0 Å². The lowest BCUT2D eigenvalue weighted by atomic mass is 10.2. The molecule has 0 saturated carbocycles. The summed E-state index contributed by atoms with van der Waals surface area (Å²) in [5.41, 5.74) is 13.8. The van der Waals surface area contributed by atoms with Gasteiger partial charge in [-0.05, 0) is 49.9 Å². The van der Waals surface area contributed by atoms with Crippen molar-refractivity contribution >= 4 is 23.4 Å². The Morgan fingerprint density at radius 1 is 1.16 bits per heavy atom. The van der Waals surface area contributed by atoms with Crippen LogP contribution in [0.1, 0.15) is 21.7 Å². The quantitative estimate of drug-likeness (QED) is 0.658. The predicted octanol–water partition coefficient (Wildman–Crippen LogP) is 1.93. The molecule has 19 heavy (non-hydrogen) atoms. The molecule has 0 aliphatic heterocycles. The van der Waals surface area contributed by atoms with E-state index in [1.807, 2.05) is 19.9 Å². The zero-order valence-electron chi connectivity index (χ0n) is 10.7. The minimum absolute atomic E-state index is 0.418. The summed E-state index contributed by atoms with van der Waals surface area (Å²) >= 11 is 1.28. The number of nitrogens with zero attached hydrogens (tertiary/aromatic N) is 2. The van der Waals surface area contributed by atoms with Gasteiger partial charge in [0.25, 0.3) is 0 Å². The number of anilines is 1. The first-order valence-electron chi connectivity index (χ1n) is 5.65. The minimum atomic E-state index is -0.494. The van der Waals surface area contributed by atoms with E-state index in [1.54, 1.807) is 18.2 Å². The van der Waals surface area contributed by atoms with E-state index < -0.39 is 5.91 Å². The van der Waals surface area contributed by atoms with Crippen LogP contribution in [0, 0.1) is 13.8 Å². The van der Waals surface area contributed by atoms with Crippen molar-refractivity contribution in [1.29, 1.82) is 0 Å². The molecule has 6 heteroatoms. The number of aryl methyl sites for hydroxylation is 2. The van der Waals surface area contributed by atoms with Gasteiger partial charge >= 0.3 is 0 Å². The van der Waals surface area contributed by atoms with Crippen molar-refractivity contribution in [3.63, 3.8) is 0 Å². The summed E-state index contributed by atoms with van der Waals surface area (Å²) in [7, 11) is 0. The second kappa shape index (κ2) is 5.27. The largest absolute Gasteiger partial charge is 0.399 e. The Morgan fingerprint density at radius 3 is 2.37 bits per heavy atom. The van der Waals surface area contributed by atoms with Gasteiger partial charge in [-0.25, -0.2) is 9.97 Å². The van der Waals surface area contributed by atoms with Crippen LogP contribution in [0.3, 0.4) is 0 Å². The van der Waals surface area contributed by atoms with Gasteiger partial charge in [-0.3, -0.25) is 4.79 Å². The van der Waals surface area contributed by atoms with Crippen LogP contribution in [-0.4, -0.2) is 15.9 Å². The maximum atomic E-state index is 11.4. The van der Waals surface area contributed by atoms with Gasteiger partial charge in [0.05, 0.1) is 5.56 Å². The van der Waals surface area contributed by atoms with Crippen LogP contribution in [0.2, 0.25) is 0 Å². The van der Waals surface area contributed by atoms with E-state index in [2.05, 4.69) is 9.97 Å². The van der Waals surface area contributed by atoms with Crippen molar-refractivity contribution < 1.29 is 4.79 Å². The third kappa shape index (κ3) is 3.23. The van der Waals surface area contributed by atoms with Gasteiger partial charge in [0.1, 0.15) is 0 Å². The number of rotatable bonds is 3. The standard InChI is InChI=1S/C13H14N4OS/c1-7-5-8(2)17-13(16-7)19-11-6-9(14)3-4-10(11)12(15)18/h3-6H,14H2,1-2H3,(H2,15,18). The van der Waals surface area contributed by atoms with E-state index in [1.165, 1.54) is 11.8 Å². The summed E-state index contributed by atoms with van der Waals surface area (Å²) < 4.78 is 0. The molecule has 0 aliphatic rings. The van der Waals surface area contributed by atoms with E-state index in [-0.39, 0.29) is 0 Å². The van der Waals surface area contributed by atoms with Gasteiger partial charge in [0.2, 0.25) is 5.91 Å². The predicted molar refractivity (Wildman–Crippen MR) is 75.0 cm³/mol. The van der Waals surface area contributed by atoms with Crippen molar-refractivity contribution in [2.45, 2.75) is 23.9 Å². The number of hydrogen-bond donors (Lipinski definition) is 2. The molecule has 0 aliphatic carbocycles. The molecule has 0 spiro atoms. The highest BCUT2D eigenvalue weighted by atomic mass is 32.2. The third-order valence-electron chi connectivity index (χ3n) is 2.43. The van der Waals surface area contributed by atoms with Crippen molar-refractivity contribution in [1.82, 2.24) is 9.97 Å². The van der Waals surface area contributed by atoms with Gasteiger partial charge in [-0.15, -0.1) is 0 Å². The summed E-state index contributed by atoms with van der Waals surface area (Å²) in [6.45, 7) is 3.79. The Balaban J connectivity index is 2.42. The molecule has 0 atom stereocenters. The Morgan fingerprint density at radius 2 is 1.79 bits per heavy atom. The van der Waals surface area contributed by atoms with Crippen LogP contribution in [-0.2, 0) is 0 Å². The molecule has 98 valence electrons. The highest BCUT2D eigenvalue weighted by Crippen LogP contribution is 2.29. The molecule has 4 N–H and O–H groups in total. The topological polar surface area (TPSA) is 94.9 Å². The van der Waals surface area contributed by atoms with Gasteiger partial charge in [-0.1, -0.05) is 0 Å². The smallest absolute Gasteiger partial charge is 0.249 e. The number of nitrogen functional groups attached to an aromatic ring is 1. The average Bonchev–Trinajstić information content (AvgIpc) is 2.26. The van der Waals surface area contributed by atoms with Crippen LogP contribution in [0.5, 0.6) is 0 Å². The fourth-order valence-electron chi connectivity index (χ4n) is 1.66. The lowest BCUT2D eigenvalue weighted by Crippen LogP contribution is -2.12. The molecule has 2 rings (SSSR count). The van der Waals surface area contributed by atoms with Gasteiger partial charge in [0.15, 0.2) is 5.16 Å². The van der Waals surface area contributed by atoms with E-state index >= 15 is 0 Å². The maximum absolute atomic E-state index is 11.4. The van der Waals surface area contributed by atoms with Gasteiger partial charge in [-0.2, -0.15) is 0 Å². The number of nitrogens with two attached hydrogens (primary N) is 2. The fraction of sp³-hybridized carbons (Fsp3) is 0.154. The highest BCUT2D eigenvalue weighted by Gasteiger charge is 2.12. The summed E-state index contributed by atoms with van der Waals surface area (Å²) in [4.78, 5) is 20.7. The lowest BCUT2D eigenvalue weighted by molar-refractivity contribution is 0.0997. The molecule has 0 saturated heterocycles.